The van der Waals surface area contributed by atoms with Gasteiger partial charge in [0.05, 0.1) is 5.56 Å². The van der Waals surface area contributed by atoms with E-state index in [4.69, 9.17) is 11.6 Å². The first-order valence-corrected chi connectivity index (χ1v) is 8.78. The summed E-state index contributed by atoms with van der Waals surface area (Å²) >= 11 is 5.93. The molecular formula is C18H24ClFN2O. The van der Waals surface area contributed by atoms with Gasteiger partial charge in [-0.1, -0.05) is 25.4 Å². The minimum atomic E-state index is -0.494. The number of hydrogen-bond acceptors (Lipinski definition) is 2. The Balaban J connectivity index is 1.76. The lowest BCUT2D eigenvalue weighted by Crippen LogP contribution is -2.68. The first-order chi connectivity index (χ1) is 10.9. The van der Waals surface area contributed by atoms with Crippen LogP contribution in [0.3, 0.4) is 0 Å². The van der Waals surface area contributed by atoms with Crippen molar-refractivity contribution in [2.24, 2.45) is 5.92 Å². The molecule has 0 bridgehead atoms. The summed E-state index contributed by atoms with van der Waals surface area (Å²) in [5, 5.41) is 0.395. The van der Waals surface area contributed by atoms with Gasteiger partial charge in [0.2, 0.25) is 0 Å². The highest BCUT2D eigenvalue weighted by molar-refractivity contribution is 6.31. The second-order valence-electron chi connectivity index (χ2n) is 7.27. The van der Waals surface area contributed by atoms with E-state index in [2.05, 4.69) is 18.7 Å². The summed E-state index contributed by atoms with van der Waals surface area (Å²) in [5.41, 5.74) is 0.192. The quantitative estimate of drug-likeness (QED) is 0.836. The van der Waals surface area contributed by atoms with Gasteiger partial charge in [-0.2, -0.15) is 0 Å². The number of halogens is 2. The van der Waals surface area contributed by atoms with Crippen molar-refractivity contribution in [2.75, 3.05) is 26.2 Å². The van der Waals surface area contributed by atoms with Crippen molar-refractivity contribution in [3.05, 3.63) is 34.6 Å². The molecule has 1 aromatic carbocycles. The second kappa shape index (κ2) is 6.40. The van der Waals surface area contributed by atoms with Crippen molar-refractivity contribution in [3.63, 3.8) is 0 Å². The molecule has 3 rings (SSSR count). The van der Waals surface area contributed by atoms with E-state index in [1.807, 2.05) is 4.90 Å². The molecule has 1 amide bonds. The van der Waals surface area contributed by atoms with E-state index in [9.17, 15) is 9.18 Å². The van der Waals surface area contributed by atoms with Gasteiger partial charge in [-0.15, -0.1) is 0 Å². The maximum Gasteiger partial charge on any atom is 0.256 e. The first-order valence-electron chi connectivity index (χ1n) is 8.41. The summed E-state index contributed by atoms with van der Waals surface area (Å²) < 4.78 is 14.0. The minimum absolute atomic E-state index is 0.0873. The molecule has 0 radical (unpaired) electrons. The molecule has 2 heterocycles. The molecule has 0 aromatic heterocycles. The highest BCUT2D eigenvalue weighted by Gasteiger charge is 2.48. The van der Waals surface area contributed by atoms with E-state index < -0.39 is 5.82 Å². The van der Waals surface area contributed by atoms with Crippen LogP contribution >= 0.6 is 11.6 Å². The standard InChI is InChI=1S/C18H24ClFN2O/c1-13(2)11-22-9-7-18(22)6-3-8-21(12-18)17(23)15-10-14(19)4-5-16(15)20/h4-5,10,13H,3,6-9,11-12H2,1-2H3. The Morgan fingerprint density at radius 1 is 1.35 bits per heavy atom. The molecule has 0 aliphatic carbocycles. The number of carbonyl (C=O) groups excluding carboxylic acids is 1. The third-order valence-corrected chi connectivity index (χ3v) is 5.34. The molecule has 0 N–H and O–H groups in total. The first kappa shape index (κ1) is 16.7. The zero-order valence-corrected chi connectivity index (χ0v) is 14.6. The average molecular weight is 339 g/mol. The maximum absolute atomic E-state index is 14.0. The van der Waals surface area contributed by atoms with Gasteiger partial charge in [-0.3, -0.25) is 9.69 Å². The van der Waals surface area contributed by atoms with Crippen molar-refractivity contribution in [1.82, 2.24) is 9.80 Å². The fourth-order valence-electron chi connectivity index (χ4n) is 3.89. The van der Waals surface area contributed by atoms with Crippen LogP contribution in [0.4, 0.5) is 4.39 Å². The zero-order chi connectivity index (χ0) is 16.6. The van der Waals surface area contributed by atoms with Crippen LogP contribution in [0.15, 0.2) is 18.2 Å². The van der Waals surface area contributed by atoms with E-state index in [1.54, 1.807) is 0 Å². The Kier molecular flexibility index (Phi) is 4.65. The highest BCUT2D eigenvalue weighted by atomic mass is 35.5. The largest absolute Gasteiger partial charge is 0.337 e. The fourth-order valence-corrected chi connectivity index (χ4v) is 4.06. The molecule has 1 atom stereocenters. The van der Waals surface area contributed by atoms with Crippen molar-refractivity contribution in [1.29, 1.82) is 0 Å². The number of amides is 1. The second-order valence-corrected chi connectivity index (χ2v) is 7.71. The summed E-state index contributed by atoms with van der Waals surface area (Å²) in [7, 11) is 0. The monoisotopic (exact) mass is 338 g/mol. The van der Waals surface area contributed by atoms with Gasteiger partial charge in [0.25, 0.3) is 5.91 Å². The van der Waals surface area contributed by atoms with Crippen molar-refractivity contribution in [2.45, 2.75) is 38.6 Å². The molecule has 2 aliphatic heterocycles. The maximum atomic E-state index is 14.0. The molecule has 23 heavy (non-hydrogen) atoms. The normalized spacial score (nSPS) is 25.0. The van der Waals surface area contributed by atoms with Crippen LogP contribution in [-0.2, 0) is 0 Å². The number of benzene rings is 1. The molecular weight excluding hydrogens is 315 g/mol. The topological polar surface area (TPSA) is 23.6 Å². The predicted molar refractivity (Wildman–Crippen MR) is 90.3 cm³/mol. The van der Waals surface area contributed by atoms with Crippen molar-refractivity contribution in [3.8, 4) is 0 Å². The van der Waals surface area contributed by atoms with Gasteiger partial charge in [-0.05, 0) is 43.4 Å². The van der Waals surface area contributed by atoms with Gasteiger partial charge in [0.15, 0.2) is 0 Å². The van der Waals surface area contributed by atoms with Crippen LogP contribution in [0.2, 0.25) is 5.02 Å². The summed E-state index contributed by atoms with van der Waals surface area (Å²) in [4.78, 5) is 17.1. The average Bonchev–Trinajstić information content (AvgIpc) is 2.53. The van der Waals surface area contributed by atoms with E-state index in [-0.39, 0.29) is 17.0 Å². The van der Waals surface area contributed by atoms with Crippen LogP contribution in [0.1, 0.15) is 43.5 Å². The number of likely N-dealkylation sites (tertiary alicyclic amines) is 2. The molecule has 0 saturated carbocycles. The smallest absolute Gasteiger partial charge is 0.256 e. The molecule has 2 fully saturated rings. The number of rotatable bonds is 3. The minimum Gasteiger partial charge on any atom is -0.337 e. The fraction of sp³-hybridized carbons (Fsp3) is 0.611. The van der Waals surface area contributed by atoms with Crippen LogP contribution < -0.4 is 0 Å². The highest BCUT2D eigenvalue weighted by Crippen LogP contribution is 2.39. The van der Waals surface area contributed by atoms with Gasteiger partial charge in [0.1, 0.15) is 5.82 Å². The Bertz CT molecular complexity index is 607. The van der Waals surface area contributed by atoms with Crippen LogP contribution in [0.25, 0.3) is 0 Å². The lowest BCUT2D eigenvalue weighted by Gasteiger charge is -2.57. The summed E-state index contributed by atoms with van der Waals surface area (Å²) in [6.45, 7) is 8.00. The van der Waals surface area contributed by atoms with Gasteiger partial charge >= 0.3 is 0 Å². The molecule has 126 valence electrons. The molecule has 1 unspecified atom stereocenters. The third kappa shape index (κ3) is 3.24. The number of carbonyl (C=O) groups is 1. The van der Waals surface area contributed by atoms with E-state index in [1.165, 1.54) is 18.2 Å². The lowest BCUT2D eigenvalue weighted by molar-refractivity contribution is -0.0648. The molecule has 2 saturated heterocycles. The van der Waals surface area contributed by atoms with E-state index in [0.717, 1.165) is 32.4 Å². The molecule has 1 spiro atoms. The number of piperidine rings is 1. The van der Waals surface area contributed by atoms with Gasteiger partial charge in [0, 0.05) is 36.7 Å². The van der Waals surface area contributed by atoms with E-state index in [0.29, 0.717) is 24.0 Å². The summed E-state index contributed by atoms with van der Waals surface area (Å²) in [6, 6.07) is 4.18. The van der Waals surface area contributed by atoms with Gasteiger partial charge in [-0.25, -0.2) is 4.39 Å². The molecule has 1 aromatic rings. The van der Waals surface area contributed by atoms with Gasteiger partial charge < -0.3 is 4.90 Å². The Morgan fingerprint density at radius 3 is 2.78 bits per heavy atom. The predicted octanol–water partition coefficient (Wildman–Crippen LogP) is 3.82. The van der Waals surface area contributed by atoms with Crippen molar-refractivity contribution >= 4 is 17.5 Å². The molecule has 3 nitrogen and oxygen atoms in total. The third-order valence-electron chi connectivity index (χ3n) is 5.10. The summed E-state index contributed by atoms with van der Waals surface area (Å²) in [5.74, 6) is -0.115. The summed E-state index contributed by atoms with van der Waals surface area (Å²) in [6.07, 6.45) is 3.23. The van der Waals surface area contributed by atoms with E-state index >= 15 is 0 Å². The lowest BCUT2D eigenvalue weighted by atomic mass is 9.77. The SMILES string of the molecule is CC(C)CN1CCC12CCCN(C(=O)c1cc(Cl)ccc1F)C2. The number of hydrogen-bond donors (Lipinski definition) is 0. The van der Waals surface area contributed by atoms with Crippen molar-refractivity contribution < 1.29 is 9.18 Å². The zero-order valence-electron chi connectivity index (χ0n) is 13.8. The Labute approximate surface area is 142 Å². The Hall–Kier alpha value is -1.13. The number of nitrogens with zero attached hydrogens (tertiary/aromatic N) is 2. The Morgan fingerprint density at radius 2 is 2.13 bits per heavy atom. The molecule has 2 aliphatic rings. The van der Waals surface area contributed by atoms with Crippen LogP contribution in [0.5, 0.6) is 0 Å². The van der Waals surface area contributed by atoms with Crippen LogP contribution in [0, 0.1) is 11.7 Å². The van der Waals surface area contributed by atoms with Crippen LogP contribution in [-0.4, -0.2) is 47.4 Å². The molecule has 5 heteroatoms.